The number of benzene rings is 1. The van der Waals surface area contributed by atoms with Crippen molar-refractivity contribution in [2.75, 3.05) is 17.6 Å². The zero-order valence-corrected chi connectivity index (χ0v) is 16.8. The van der Waals surface area contributed by atoms with Crippen LogP contribution in [0.15, 0.2) is 55.1 Å². The maximum atomic E-state index is 14.1. The lowest BCUT2D eigenvalue weighted by atomic mass is 10.1. The standard InChI is InChI=1S/C19H13F2N5O.C3H9N/c20-14-3-4-15(22)17(21)16(14)19(27)26-11-6-12-13(9-25-18(12)24-8-11)10-2-1-5-23-7-10;1-2-3-4/h1-9H,22H2,(H,24,25)(H,26,27);2-4H2,1H3. The van der Waals surface area contributed by atoms with Crippen LogP contribution in [0.4, 0.5) is 20.2 Å². The van der Waals surface area contributed by atoms with E-state index in [0.29, 0.717) is 11.3 Å². The Hall–Kier alpha value is -3.85. The van der Waals surface area contributed by atoms with E-state index in [1.807, 2.05) is 6.07 Å². The van der Waals surface area contributed by atoms with E-state index in [2.05, 4.69) is 27.2 Å². The number of aromatic amines is 1. The molecule has 0 saturated carbocycles. The molecule has 160 valence electrons. The van der Waals surface area contributed by atoms with Crippen LogP contribution >= 0.6 is 0 Å². The number of fused-ring (bicyclic) bond motifs is 1. The molecule has 0 aliphatic carbocycles. The van der Waals surface area contributed by atoms with Crippen LogP contribution in [0.5, 0.6) is 0 Å². The van der Waals surface area contributed by atoms with Gasteiger partial charge in [-0.1, -0.05) is 13.0 Å². The molecular weight excluding hydrogens is 402 g/mol. The van der Waals surface area contributed by atoms with Crippen LogP contribution in [0, 0.1) is 11.6 Å². The first kappa shape index (κ1) is 21.8. The molecule has 0 fully saturated rings. The van der Waals surface area contributed by atoms with Crippen LogP contribution in [0.1, 0.15) is 23.7 Å². The summed E-state index contributed by atoms with van der Waals surface area (Å²) in [5.41, 5.74) is 12.0. The quantitative estimate of drug-likeness (QED) is 0.368. The van der Waals surface area contributed by atoms with Crippen LogP contribution in [0.25, 0.3) is 22.2 Å². The van der Waals surface area contributed by atoms with Crippen molar-refractivity contribution < 1.29 is 13.6 Å². The summed E-state index contributed by atoms with van der Waals surface area (Å²) in [5, 5.41) is 3.19. The minimum absolute atomic E-state index is 0.290. The molecular formula is C22H22F2N6O. The number of rotatable bonds is 4. The topological polar surface area (TPSA) is 123 Å². The van der Waals surface area contributed by atoms with Crippen molar-refractivity contribution in [2.45, 2.75) is 13.3 Å². The average Bonchev–Trinajstić information content (AvgIpc) is 3.20. The number of nitrogens with one attached hydrogen (secondary N) is 2. The number of halogens is 2. The Morgan fingerprint density at radius 2 is 2.00 bits per heavy atom. The summed E-state index contributed by atoms with van der Waals surface area (Å²) < 4.78 is 27.9. The number of carbonyl (C=O) groups is 1. The summed E-state index contributed by atoms with van der Waals surface area (Å²) >= 11 is 0. The Morgan fingerprint density at radius 1 is 1.23 bits per heavy atom. The molecule has 0 aliphatic heterocycles. The first-order valence-corrected chi connectivity index (χ1v) is 9.58. The summed E-state index contributed by atoms with van der Waals surface area (Å²) in [4.78, 5) is 23.7. The molecule has 0 aliphatic rings. The largest absolute Gasteiger partial charge is 0.396 e. The fourth-order valence-electron chi connectivity index (χ4n) is 2.80. The van der Waals surface area contributed by atoms with Crippen LogP contribution in [0.3, 0.4) is 0 Å². The number of H-pyrrole nitrogens is 1. The molecule has 31 heavy (non-hydrogen) atoms. The minimum atomic E-state index is -1.10. The molecule has 7 nitrogen and oxygen atoms in total. The molecule has 4 rings (SSSR count). The summed E-state index contributed by atoms with van der Waals surface area (Å²) in [6.45, 7) is 2.88. The number of nitrogens with two attached hydrogens (primary N) is 2. The number of aromatic nitrogens is 3. The van der Waals surface area contributed by atoms with Gasteiger partial charge in [-0.25, -0.2) is 13.8 Å². The third-order valence-corrected chi connectivity index (χ3v) is 4.40. The van der Waals surface area contributed by atoms with Gasteiger partial charge in [-0.3, -0.25) is 9.78 Å². The predicted octanol–water partition coefficient (Wildman–Crippen LogP) is 4.09. The fourth-order valence-corrected chi connectivity index (χ4v) is 2.80. The minimum Gasteiger partial charge on any atom is -0.396 e. The molecule has 0 bridgehead atoms. The summed E-state index contributed by atoms with van der Waals surface area (Å²) in [7, 11) is 0. The Labute approximate surface area is 177 Å². The number of carbonyl (C=O) groups excluding carboxylic acids is 1. The average molecular weight is 424 g/mol. The highest BCUT2D eigenvalue weighted by atomic mass is 19.1. The van der Waals surface area contributed by atoms with Crippen molar-refractivity contribution in [1.82, 2.24) is 15.0 Å². The van der Waals surface area contributed by atoms with Gasteiger partial charge in [-0.2, -0.15) is 0 Å². The van der Waals surface area contributed by atoms with Gasteiger partial charge in [0.2, 0.25) is 0 Å². The Bertz CT molecular complexity index is 1190. The second-order valence-electron chi connectivity index (χ2n) is 6.63. The van der Waals surface area contributed by atoms with E-state index in [4.69, 9.17) is 11.5 Å². The van der Waals surface area contributed by atoms with Gasteiger partial charge in [-0.15, -0.1) is 0 Å². The smallest absolute Gasteiger partial charge is 0.261 e. The highest BCUT2D eigenvalue weighted by Crippen LogP contribution is 2.29. The Kier molecular flexibility index (Phi) is 6.88. The highest BCUT2D eigenvalue weighted by molar-refractivity contribution is 6.06. The van der Waals surface area contributed by atoms with Crippen LogP contribution in [0.2, 0.25) is 0 Å². The molecule has 0 radical (unpaired) electrons. The number of pyridine rings is 2. The lowest BCUT2D eigenvalue weighted by molar-refractivity contribution is 0.101. The third kappa shape index (κ3) is 4.84. The molecule has 3 aromatic heterocycles. The molecule has 0 unspecified atom stereocenters. The Balaban J connectivity index is 0.000000628. The second-order valence-corrected chi connectivity index (χ2v) is 6.63. The zero-order valence-electron chi connectivity index (χ0n) is 16.8. The molecule has 3 heterocycles. The van der Waals surface area contributed by atoms with E-state index in [9.17, 15) is 13.6 Å². The number of hydrogen-bond donors (Lipinski definition) is 4. The van der Waals surface area contributed by atoms with Crippen molar-refractivity contribution in [2.24, 2.45) is 5.73 Å². The third-order valence-electron chi connectivity index (χ3n) is 4.40. The van der Waals surface area contributed by atoms with Crippen molar-refractivity contribution in [3.05, 3.63) is 72.3 Å². The van der Waals surface area contributed by atoms with E-state index in [1.165, 1.54) is 6.20 Å². The normalized spacial score (nSPS) is 10.5. The first-order valence-electron chi connectivity index (χ1n) is 9.58. The van der Waals surface area contributed by atoms with Crippen LogP contribution in [-0.4, -0.2) is 27.4 Å². The van der Waals surface area contributed by atoms with Gasteiger partial charge in [0.1, 0.15) is 17.0 Å². The lowest BCUT2D eigenvalue weighted by Crippen LogP contribution is -2.17. The SMILES string of the molecule is CCCN.Nc1ccc(F)c(C(=O)Nc2cnc3[nH]cc(-c4cccnc4)c3c2)c1F. The summed E-state index contributed by atoms with van der Waals surface area (Å²) in [6, 6.07) is 7.37. The maximum absolute atomic E-state index is 14.1. The van der Waals surface area contributed by atoms with E-state index >= 15 is 0 Å². The number of nitrogen functional groups attached to an aromatic ring is 1. The van der Waals surface area contributed by atoms with E-state index in [-0.39, 0.29) is 5.69 Å². The molecule has 0 spiro atoms. The molecule has 1 amide bonds. The molecule has 6 N–H and O–H groups in total. The molecule has 4 aromatic rings. The van der Waals surface area contributed by atoms with E-state index in [0.717, 1.165) is 41.6 Å². The highest BCUT2D eigenvalue weighted by Gasteiger charge is 2.20. The Morgan fingerprint density at radius 3 is 2.68 bits per heavy atom. The van der Waals surface area contributed by atoms with Gasteiger partial charge >= 0.3 is 0 Å². The van der Waals surface area contributed by atoms with Crippen LogP contribution < -0.4 is 16.8 Å². The monoisotopic (exact) mass is 424 g/mol. The number of anilines is 2. The van der Waals surface area contributed by atoms with Gasteiger partial charge in [0.25, 0.3) is 5.91 Å². The van der Waals surface area contributed by atoms with Gasteiger partial charge in [0.05, 0.1) is 17.6 Å². The van der Waals surface area contributed by atoms with Gasteiger partial charge < -0.3 is 21.8 Å². The summed E-state index contributed by atoms with van der Waals surface area (Å²) in [5.74, 6) is -3.04. The predicted molar refractivity (Wildman–Crippen MR) is 117 cm³/mol. The van der Waals surface area contributed by atoms with Crippen molar-refractivity contribution >= 4 is 28.3 Å². The van der Waals surface area contributed by atoms with Gasteiger partial charge in [0.15, 0.2) is 5.82 Å². The number of amides is 1. The maximum Gasteiger partial charge on any atom is 0.261 e. The fraction of sp³-hybridized carbons (Fsp3) is 0.136. The van der Waals surface area contributed by atoms with Gasteiger partial charge in [-0.05, 0) is 37.2 Å². The van der Waals surface area contributed by atoms with E-state index in [1.54, 1.807) is 30.7 Å². The molecule has 9 heteroatoms. The van der Waals surface area contributed by atoms with Crippen molar-refractivity contribution in [3.63, 3.8) is 0 Å². The molecule has 0 saturated heterocycles. The number of nitrogens with zero attached hydrogens (tertiary/aromatic N) is 2. The van der Waals surface area contributed by atoms with Crippen LogP contribution in [-0.2, 0) is 0 Å². The van der Waals surface area contributed by atoms with Crippen molar-refractivity contribution in [1.29, 1.82) is 0 Å². The first-order chi connectivity index (χ1) is 15.0. The number of hydrogen-bond acceptors (Lipinski definition) is 5. The lowest BCUT2D eigenvalue weighted by Gasteiger charge is -2.09. The molecule has 0 atom stereocenters. The zero-order chi connectivity index (χ0) is 22.4. The molecule has 1 aromatic carbocycles. The van der Waals surface area contributed by atoms with Crippen molar-refractivity contribution in [3.8, 4) is 11.1 Å². The second kappa shape index (κ2) is 9.77. The van der Waals surface area contributed by atoms with E-state index < -0.39 is 23.1 Å². The van der Waals surface area contributed by atoms with Gasteiger partial charge in [0, 0.05) is 35.1 Å². The summed E-state index contributed by atoms with van der Waals surface area (Å²) in [6.07, 6.45) is 7.63.